The van der Waals surface area contributed by atoms with E-state index in [1.165, 1.54) is 0 Å². The Morgan fingerprint density at radius 3 is 2.28 bits per heavy atom. The standard InChI is InChI=1S/C12H20N2O3S/c1-3-9-13-18(15,16)14-10-8-11-4-6-12(17-2)7-5-11/h4-7,13-14H,3,8-10H2,1-2H3. The average molecular weight is 272 g/mol. The van der Waals surface area contributed by atoms with Gasteiger partial charge in [0, 0.05) is 13.1 Å². The lowest BCUT2D eigenvalue weighted by atomic mass is 10.1. The van der Waals surface area contributed by atoms with Crippen LogP contribution in [-0.4, -0.2) is 28.6 Å². The summed E-state index contributed by atoms with van der Waals surface area (Å²) in [5.74, 6) is 0.795. The van der Waals surface area contributed by atoms with Crippen LogP contribution in [0.4, 0.5) is 0 Å². The van der Waals surface area contributed by atoms with Crippen LogP contribution in [0, 0.1) is 0 Å². The summed E-state index contributed by atoms with van der Waals surface area (Å²) >= 11 is 0. The molecule has 0 saturated carbocycles. The van der Waals surface area contributed by atoms with Crippen LogP contribution in [0.15, 0.2) is 24.3 Å². The van der Waals surface area contributed by atoms with E-state index in [0.29, 0.717) is 19.5 Å². The van der Waals surface area contributed by atoms with Gasteiger partial charge in [-0.2, -0.15) is 8.42 Å². The molecule has 0 aliphatic carbocycles. The lowest BCUT2D eigenvalue weighted by Crippen LogP contribution is -2.37. The van der Waals surface area contributed by atoms with Crippen molar-refractivity contribution in [1.82, 2.24) is 9.44 Å². The molecular weight excluding hydrogens is 252 g/mol. The van der Waals surface area contributed by atoms with Gasteiger partial charge in [0.15, 0.2) is 0 Å². The quantitative estimate of drug-likeness (QED) is 0.744. The molecule has 0 bridgehead atoms. The Hall–Kier alpha value is -1.11. The van der Waals surface area contributed by atoms with Gasteiger partial charge in [0.2, 0.25) is 0 Å². The summed E-state index contributed by atoms with van der Waals surface area (Å²) in [4.78, 5) is 0. The van der Waals surface area contributed by atoms with Crippen LogP contribution in [0.2, 0.25) is 0 Å². The van der Waals surface area contributed by atoms with Gasteiger partial charge in [-0.05, 0) is 30.5 Å². The summed E-state index contributed by atoms with van der Waals surface area (Å²) in [5, 5.41) is 0. The number of ether oxygens (including phenoxy) is 1. The second kappa shape index (κ2) is 7.35. The molecule has 6 heteroatoms. The molecule has 1 aromatic rings. The summed E-state index contributed by atoms with van der Waals surface area (Å²) in [6.07, 6.45) is 1.43. The van der Waals surface area contributed by atoms with Crippen LogP contribution in [-0.2, 0) is 16.6 Å². The van der Waals surface area contributed by atoms with Gasteiger partial charge in [-0.3, -0.25) is 0 Å². The van der Waals surface area contributed by atoms with Gasteiger partial charge in [0.05, 0.1) is 7.11 Å². The number of nitrogens with one attached hydrogen (secondary N) is 2. The molecule has 1 rings (SSSR count). The fraction of sp³-hybridized carbons (Fsp3) is 0.500. The maximum Gasteiger partial charge on any atom is 0.276 e. The molecule has 102 valence electrons. The first kappa shape index (κ1) is 14.9. The molecular formula is C12H20N2O3S. The van der Waals surface area contributed by atoms with Gasteiger partial charge in [0.1, 0.15) is 5.75 Å². The second-order valence-electron chi connectivity index (χ2n) is 3.89. The molecule has 2 N–H and O–H groups in total. The number of hydrogen-bond donors (Lipinski definition) is 2. The monoisotopic (exact) mass is 272 g/mol. The van der Waals surface area contributed by atoms with E-state index in [-0.39, 0.29) is 0 Å². The molecule has 0 radical (unpaired) electrons. The summed E-state index contributed by atoms with van der Waals surface area (Å²) in [6.45, 7) is 2.75. The molecule has 0 unspecified atom stereocenters. The minimum atomic E-state index is -3.35. The molecule has 0 aromatic heterocycles. The molecule has 0 atom stereocenters. The highest BCUT2D eigenvalue weighted by Crippen LogP contribution is 2.11. The van der Waals surface area contributed by atoms with E-state index in [9.17, 15) is 8.42 Å². The molecule has 1 aromatic carbocycles. The van der Waals surface area contributed by atoms with Crippen molar-refractivity contribution in [1.29, 1.82) is 0 Å². The maximum absolute atomic E-state index is 11.4. The zero-order chi connectivity index (χ0) is 13.4. The molecule has 0 heterocycles. The van der Waals surface area contributed by atoms with E-state index in [1.54, 1.807) is 7.11 Å². The van der Waals surface area contributed by atoms with Gasteiger partial charge < -0.3 is 4.74 Å². The normalized spacial score (nSPS) is 11.4. The Bertz CT molecular complexity index is 443. The van der Waals surface area contributed by atoms with Crippen LogP contribution in [0.25, 0.3) is 0 Å². The summed E-state index contributed by atoms with van der Waals surface area (Å²) in [5.41, 5.74) is 1.06. The third kappa shape index (κ3) is 5.48. The van der Waals surface area contributed by atoms with Crippen molar-refractivity contribution in [3.05, 3.63) is 29.8 Å². The molecule has 0 saturated heterocycles. The van der Waals surface area contributed by atoms with E-state index in [1.807, 2.05) is 31.2 Å². The minimum absolute atomic E-state index is 0.380. The van der Waals surface area contributed by atoms with Crippen molar-refractivity contribution in [2.75, 3.05) is 20.2 Å². The fourth-order valence-corrected chi connectivity index (χ4v) is 2.36. The van der Waals surface area contributed by atoms with E-state index >= 15 is 0 Å². The fourth-order valence-electron chi connectivity index (χ4n) is 1.41. The molecule has 0 spiro atoms. The Morgan fingerprint density at radius 1 is 1.11 bits per heavy atom. The third-order valence-corrected chi connectivity index (χ3v) is 3.58. The Kier molecular flexibility index (Phi) is 6.11. The van der Waals surface area contributed by atoms with Gasteiger partial charge >= 0.3 is 0 Å². The van der Waals surface area contributed by atoms with Crippen LogP contribution in [0.5, 0.6) is 5.75 Å². The number of methoxy groups -OCH3 is 1. The molecule has 5 nitrogen and oxygen atoms in total. The largest absolute Gasteiger partial charge is 0.497 e. The van der Waals surface area contributed by atoms with E-state index in [0.717, 1.165) is 17.7 Å². The number of rotatable bonds is 8. The topological polar surface area (TPSA) is 67.4 Å². The van der Waals surface area contributed by atoms with Crippen LogP contribution in [0.1, 0.15) is 18.9 Å². The highest BCUT2D eigenvalue weighted by molar-refractivity contribution is 7.87. The van der Waals surface area contributed by atoms with E-state index in [2.05, 4.69) is 9.44 Å². The van der Waals surface area contributed by atoms with Crippen molar-refractivity contribution in [3.63, 3.8) is 0 Å². The van der Waals surface area contributed by atoms with E-state index in [4.69, 9.17) is 4.74 Å². The van der Waals surface area contributed by atoms with Crippen molar-refractivity contribution in [2.45, 2.75) is 19.8 Å². The maximum atomic E-state index is 11.4. The Labute approximate surface area is 109 Å². The molecule has 0 fully saturated rings. The van der Waals surface area contributed by atoms with Gasteiger partial charge in [-0.25, -0.2) is 9.44 Å². The van der Waals surface area contributed by atoms with Crippen molar-refractivity contribution >= 4 is 10.2 Å². The highest BCUT2D eigenvalue weighted by atomic mass is 32.2. The van der Waals surface area contributed by atoms with E-state index < -0.39 is 10.2 Å². The summed E-state index contributed by atoms with van der Waals surface area (Å²) in [6, 6.07) is 7.57. The zero-order valence-corrected chi connectivity index (χ0v) is 11.6. The average Bonchev–Trinajstić information content (AvgIpc) is 2.37. The first-order chi connectivity index (χ1) is 8.57. The Morgan fingerprint density at radius 2 is 1.72 bits per heavy atom. The molecule has 0 amide bonds. The van der Waals surface area contributed by atoms with Crippen molar-refractivity contribution < 1.29 is 13.2 Å². The smallest absolute Gasteiger partial charge is 0.276 e. The van der Waals surface area contributed by atoms with Crippen LogP contribution in [0.3, 0.4) is 0 Å². The first-order valence-electron chi connectivity index (χ1n) is 5.94. The lowest BCUT2D eigenvalue weighted by molar-refractivity contribution is 0.414. The third-order valence-electron chi connectivity index (χ3n) is 2.41. The Balaban J connectivity index is 2.36. The minimum Gasteiger partial charge on any atom is -0.497 e. The van der Waals surface area contributed by atoms with Crippen LogP contribution < -0.4 is 14.2 Å². The summed E-state index contributed by atoms with van der Waals surface area (Å²) in [7, 11) is -1.74. The SMILES string of the molecule is CCCNS(=O)(=O)NCCc1ccc(OC)cc1. The summed E-state index contributed by atoms with van der Waals surface area (Å²) < 4.78 is 32.9. The zero-order valence-electron chi connectivity index (χ0n) is 10.8. The first-order valence-corrected chi connectivity index (χ1v) is 7.43. The molecule has 18 heavy (non-hydrogen) atoms. The van der Waals surface area contributed by atoms with Crippen LogP contribution >= 0.6 is 0 Å². The van der Waals surface area contributed by atoms with Gasteiger partial charge in [0.25, 0.3) is 10.2 Å². The second-order valence-corrected chi connectivity index (χ2v) is 5.47. The number of benzene rings is 1. The van der Waals surface area contributed by atoms with Crippen molar-refractivity contribution in [3.8, 4) is 5.75 Å². The predicted octanol–water partition coefficient (Wildman–Crippen LogP) is 1.07. The van der Waals surface area contributed by atoms with Crippen molar-refractivity contribution in [2.24, 2.45) is 0 Å². The van der Waals surface area contributed by atoms with Gasteiger partial charge in [-0.1, -0.05) is 19.1 Å². The highest BCUT2D eigenvalue weighted by Gasteiger charge is 2.06. The predicted molar refractivity (Wildman–Crippen MR) is 71.9 cm³/mol. The molecule has 0 aliphatic rings. The van der Waals surface area contributed by atoms with Gasteiger partial charge in [-0.15, -0.1) is 0 Å². The number of hydrogen-bond acceptors (Lipinski definition) is 3. The lowest BCUT2D eigenvalue weighted by Gasteiger charge is -2.07. The molecule has 0 aliphatic heterocycles.